The maximum atomic E-state index is 9.76. The van der Waals surface area contributed by atoms with Crippen LogP contribution in [0.1, 0.15) is 5.56 Å². The smallest absolute Gasteiger partial charge is 0.140 e. The third-order valence-electron chi connectivity index (χ3n) is 2.56. The van der Waals surface area contributed by atoms with E-state index in [0.717, 1.165) is 31.9 Å². The van der Waals surface area contributed by atoms with E-state index in [4.69, 9.17) is 5.26 Å². The van der Waals surface area contributed by atoms with Crippen molar-refractivity contribution in [1.82, 2.24) is 5.32 Å². The molecule has 1 aliphatic rings. The predicted octanol–water partition coefficient (Wildman–Crippen LogP) is 0.673. The predicted molar refractivity (Wildman–Crippen MR) is 57.9 cm³/mol. The molecule has 0 unspecified atom stereocenters. The van der Waals surface area contributed by atoms with E-state index in [1.165, 1.54) is 6.07 Å². The molecule has 0 radical (unpaired) electrons. The molecule has 1 aromatic carbocycles. The number of rotatable bonds is 1. The standard InChI is InChI=1S/C11H13N3O/c12-8-9-1-2-10(11(15)7-9)14-5-3-13-4-6-14/h1-2,7,13,15H,3-6H2. The van der Waals surface area contributed by atoms with Gasteiger partial charge in [0.1, 0.15) is 5.75 Å². The van der Waals surface area contributed by atoms with Crippen LogP contribution in [0.4, 0.5) is 5.69 Å². The zero-order valence-corrected chi connectivity index (χ0v) is 8.40. The summed E-state index contributed by atoms with van der Waals surface area (Å²) in [5, 5.41) is 21.7. The van der Waals surface area contributed by atoms with Crippen LogP contribution in [0.3, 0.4) is 0 Å². The fourth-order valence-electron chi connectivity index (χ4n) is 1.77. The minimum Gasteiger partial charge on any atom is -0.506 e. The van der Waals surface area contributed by atoms with Crippen molar-refractivity contribution in [2.45, 2.75) is 0 Å². The molecular formula is C11H13N3O. The van der Waals surface area contributed by atoms with E-state index in [9.17, 15) is 5.11 Å². The lowest BCUT2D eigenvalue weighted by molar-refractivity contribution is 0.470. The van der Waals surface area contributed by atoms with Gasteiger partial charge in [-0.3, -0.25) is 0 Å². The summed E-state index contributed by atoms with van der Waals surface area (Å²) in [6.07, 6.45) is 0. The summed E-state index contributed by atoms with van der Waals surface area (Å²) in [5.41, 5.74) is 1.31. The van der Waals surface area contributed by atoms with E-state index >= 15 is 0 Å². The van der Waals surface area contributed by atoms with Crippen LogP contribution < -0.4 is 10.2 Å². The van der Waals surface area contributed by atoms with Crippen LogP contribution in [0.5, 0.6) is 5.75 Å². The zero-order chi connectivity index (χ0) is 10.7. The lowest BCUT2D eigenvalue weighted by Gasteiger charge is -2.29. The van der Waals surface area contributed by atoms with Crippen molar-refractivity contribution in [2.24, 2.45) is 0 Å². The Bertz CT molecular complexity index is 391. The minimum atomic E-state index is 0.191. The molecular weight excluding hydrogens is 190 g/mol. The molecule has 1 fully saturated rings. The number of anilines is 1. The Kier molecular flexibility index (Phi) is 2.75. The average molecular weight is 203 g/mol. The van der Waals surface area contributed by atoms with Crippen LogP contribution >= 0.6 is 0 Å². The molecule has 2 rings (SSSR count). The minimum absolute atomic E-state index is 0.191. The van der Waals surface area contributed by atoms with Gasteiger partial charge in [-0.1, -0.05) is 0 Å². The van der Waals surface area contributed by atoms with Crippen LogP contribution in [-0.2, 0) is 0 Å². The highest BCUT2D eigenvalue weighted by molar-refractivity contribution is 5.60. The van der Waals surface area contributed by atoms with Gasteiger partial charge >= 0.3 is 0 Å². The summed E-state index contributed by atoms with van der Waals surface area (Å²) in [6, 6.07) is 7.06. The Balaban J connectivity index is 2.24. The quantitative estimate of drug-likeness (QED) is 0.704. The van der Waals surface area contributed by atoms with E-state index in [-0.39, 0.29) is 5.75 Å². The Morgan fingerprint density at radius 1 is 1.33 bits per heavy atom. The third kappa shape index (κ3) is 2.03. The van der Waals surface area contributed by atoms with Crippen molar-refractivity contribution in [3.05, 3.63) is 23.8 Å². The van der Waals surface area contributed by atoms with E-state index in [0.29, 0.717) is 5.56 Å². The van der Waals surface area contributed by atoms with E-state index in [1.54, 1.807) is 12.1 Å². The molecule has 0 bridgehead atoms. The van der Waals surface area contributed by atoms with Crippen molar-refractivity contribution in [3.8, 4) is 11.8 Å². The van der Waals surface area contributed by atoms with Crippen LogP contribution in [0.15, 0.2) is 18.2 Å². The Labute approximate surface area is 88.7 Å². The average Bonchev–Trinajstić information content (AvgIpc) is 2.30. The van der Waals surface area contributed by atoms with E-state index in [1.807, 2.05) is 6.07 Å². The van der Waals surface area contributed by atoms with Crippen LogP contribution in [-0.4, -0.2) is 31.3 Å². The molecule has 4 nitrogen and oxygen atoms in total. The SMILES string of the molecule is N#Cc1ccc(N2CCNCC2)c(O)c1. The highest BCUT2D eigenvalue weighted by atomic mass is 16.3. The summed E-state index contributed by atoms with van der Waals surface area (Å²) in [5.74, 6) is 0.191. The number of piperazine rings is 1. The molecule has 15 heavy (non-hydrogen) atoms. The molecule has 0 atom stereocenters. The zero-order valence-electron chi connectivity index (χ0n) is 8.40. The molecule has 2 N–H and O–H groups in total. The number of nitriles is 1. The highest BCUT2D eigenvalue weighted by Crippen LogP contribution is 2.28. The number of hydrogen-bond donors (Lipinski definition) is 2. The Morgan fingerprint density at radius 3 is 2.67 bits per heavy atom. The largest absolute Gasteiger partial charge is 0.506 e. The first-order valence-corrected chi connectivity index (χ1v) is 5.00. The number of phenols is 1. The fraction of sp³-hybridized carbons (Fsp3) is 0.364. The summed E-state index contributed by atoms with van der Waals surface area (Å²) in [4.78, 5) is 2.12. The first-order valence-electron chi connectivity index (χ1n) is 5.00. The Hall–Kier alpha value is -1.73. The lowest BCUT2D eigenvalue weighted by atomic mass is 10.2. The third-order valence-corrected chi connectivity index (χ3v) is 2.56. The summed E-state index contributed by atoms with van der Waals surface area (Å²) < 4.78 is 0. The van der Waals surface area contributed by atoms with Gasteiger partial charge in [0.15, 0.2) is 0 Å². The molecule has 1 saturated heterocycles. The second kappa shape index (κ2) is 4.20. The van der Waals surface area contributed by atoms with Crippen molar-refractivity contribution >= 4 is 5.69 Å². The van der Waals surface area contributed by atoms with Crippen molar-refractivity contribution in [3.63, 3.8) is 0 Å². The molecule has 0 aliphatic carbocycles. The maximum absolute atomic E-state index is 9.76. The first kappa shape index (κ1) is 9.81. The van der Waals surface area contributed by atoms with Gasteiger partial charge in [0.25, 0.3) is 0 Å². The van der Waals surface area contributed by atoms with Crippen LogP contribution in [0.25, 0.3) is 0 Å². The van der Waals surface area contributed by atoms with E-state index < -0.39 is 0 Å². The fourth-order valence-corrected chi connectivity index (χ4v) is 1.77. The highest BCUT2D eigenvalue weighted by Gasteiger charge is 2.13. The van der Waals surface area contributed by atoms with Crippen molar-refractivity contribution < 1.29 is 5.11 Å². The summed E-state index contributed by atoms with van der Waals surface area (Å²) in [6.45, 7) is 3.64. The van der Waals surface area contributed by atoms with Gasteiger partial charge in [-0.25, -0.2) is 0 Å². The molecule has 1 aromatic rings. The topological polar surface area (TPSA) is 59.3 Å². The number of benzene rings is 1. The summed E-state index contributed by atoms with van der Waals surface area (Å²) in [7, 11) is 0. The van der Waals surface area contributed by atoms with Crippen molar-refractivity contribution in [2.75, 3.05) is 31.1 Å². The number of nitrogens with zero attached hydrogens (tertiary/aromatic N) is 2. The van der Waals surface area contributed by atoms with Gasteiger partial charge in [0.05, 0.1) is 17.3 Å². The maximum Gasteiger partial charge on any atom is 0.140 e. The first-order chi connectivity index (χ1) is 7.31. The molecule has 0 amide bonds. The van der Waals surface area contributed by atoms with Crippen LogP contribution in [0, 0.1) is 11.3 Å². The van der Waals surface area contributed by atoms with Crippen LogP contribution in [0.2, 0.25) is 0 Å². The molecule has 1 heterocycles. The number of nitrogens with one attached hydrogen (secondary N) is 1. The van der Waals surface area contributed by atoms with Gasteiger partial charge in [-0.2, -0.15) is 5.26 Å². The van der Waals surface area contributed by atoms with Gasteiger partial charge in [-0.05, 0) is 18.2 Å². The normalized spacial score (nSPS) is 16.1. The summed E-state index contributed by atoms with van der Waals surface area (Å²) >= 11 is 0. The van der Waals surface area contributed by atoms with Gasteiger partial charge in [0.2, 0.25) is 0 Å². The molecule has 0 spiro atoms. The number of hydrogen-bond acceptors (Lipinski definition) is 4. The Morgan fingerprint density at radius 2 is 2.07 bits per heavy atom. The molecule has 4 heteroatoms. The van der Waals surface area contributed by atoms with Gasteiger partial charge in [-0.15, -0.1) is 0 Å². The van der Waals surface area contributed by atoms with Gasteiger partial charge in [0, 0.05) is 26.2 Å². The molecule has 0 aromatic heterocycles. The van der Waals surface area contributed by atoms with E-state index in [2.05, 4.69) is 10.2 Å². The lowest BCUT2D eigenvalue weighted by Crippen LogP contribution is -2.43. The van der Waals surface area contributed by atoms with Crippen molar-refractivity contribution in [1.29, 1.82) is 5.26 Å². The second-order valence-electron chi connectivity index (χ2n) is 3.55. The molecule has 1 aliphatic heterocycles. The molecule has 78 valence electrons. The number of aromatic hydroxyl groups is 1. The second-order valence-corrected chi connectivity index (χ2v) is 3.55. The van der Waals surface area contributed by atoms with Gasteiger partial charge < -0.3 is 15.3 Å². The monoisotopic (exact) mass is 203 g/mol. The molecule has 0 saturated carbocycles. The number of phenolic OH excluding ortho intramolecular Hbond substituents is 1.